The molecule has 134 valence electrons. The van der Waals surface area contributed by atoms with E-state index in [0.29, 0.717) is 12.5 Å². The second-order valence-corrected chi connectivity index (χ2v) is 7.21. The van der Waals surface area contributed by atoms with Crippen LogP contribution in [-0.4, -0.2) is 63.1 Å². The molecule has 3 aliphatic rings. The molecule has 23 heavy (non-hydrogen) atoms. The highest BCUT2D eigenvalue weighted by molar-refractivity contribution is 5.04. The Morgan fingerprint density at radius 1 is 1.09 bits per heavy atom. The lowest BCUT2D eigenvalue weighted by Gasteiger charge is -2.58. The summed E-state index contributed by atoms with van der Waals surface area (Å²) in [6.45, 7) is -2.01. The number of ether oxygens (including phenoxy) is 2. The van der Waals surface area contributed by atoms with E-state index < -0.39 is 13.2 Å². The van der Waals surface area contributed by atoms with Gasteiger partial charge in [0.15, 0.2) is 0 Å². The highest BCUT2D eigenvalue weighted by Crippen LogP contribution is 2.59. The maximum absolute atomic E-state index is 12.1. The summed E-state index contributed by atoms with van der Waals surface area (Å²) in [4.78, 5) is 2.29. The number of hydrogen-bond donors (Lipinski definition) is 1. The average molecular weight is 340 g/mol. The number of nitrogens with zero attached hydrogens (tertiary/aromatic N) is 1. The van der Waals surface area contributed by atoms with Crippen LogP contribution in [0.1, 0.15) is 25.7 Å². The highest BCUT2D eigenvalue weighted by atomic mass is 19.3. The van der Waals surface area contributed by atoms with E-state index in [1.54, 1.807) is 0 Å². The van der Waals surface area contributed by atoms with Gasteiger partial charge in [-0.25, -0.2) is 0 Å². The number of alkyl halides is 4. The van der Waals surface area contributed by atoms with Crippen LogP contribution in [-0.2, 0) is 9.47 Å². The van der Waals surface area contributed by atoms with Crippen LogP contribution in [0.2, 0.25) is 0 Å². The minimum absolute atomic E-state index is 0.0232. The Morgan fingerprint density at radius 3 is 2.48 bits per heavy atom. The third kappa shape index (κ3) is 4.55. The quantitative estimate of drug-likeness (QED) is 0.721. The first kappa shape index (κ1) is 17.4. The first-order valence-electron chi connectivity index (χ1n) is 8.23. The van der Waals surface area contributed by atoms with Gasteiger partial charge in [-0.15, -0.1) is 0 Å². The standard InChI is InChI=1S/C15H24F4N2O2/c16-13(17)22-9-11-8-21(2-1-20-11)7-10-3-15(4-10)5-12(6-15)23-14(18)19/h10-14,20H,1-9H2. The molecular formula is C15H24F4N2O2. The molecule has 3 fully saturated rings. The zero-order valence-corrected chi connectivity index (χ0v) is 13.0. The van der Waals surface area contributed by atoms with Crippen molar-refractivity contribution in [3.63, 3.8) is 0 Å². The predicted octanol–water partition coefficient (Wildman–Crippen LogP) is 2.30. The molecule has 0 aromatic rings. The van der Waals surface area contributed by atoms with Gasteiger partial charge in [0.2, 0.25) is 0 Å². The SMILES string of the molecule is FC(F)OCC1CN(CC2CC3(C2)CC(OC(F)F)C3)CCN1. The van der Waals surface area contributed by atoms with E-state index in [9.17, 15) is 17.6 Å². The van der Waals surface area contributed by atoms with Crippen LogP contribution in [0.5, 0.6) is 0 Å². The van der Waals surface area contributed by atoms with Crippen molar-refractivity contribution in [2.75, 3.05) is 32.8 Å². The van der Waals surface area contributed by atoms with E-state index in [0.717, 1.165) is 45.3 Å². The first-order chi connectivity index (χ1) is 10.9. The molecule has 0 aromatic heterocycles. The number of piperazine rings is 1. The van der Waals surface area contributed by atoms with Crippen LogP contribution in [0.3, 0.4) is 0 Å². The molecule has 2 saturated carbocycles. The summed E-state index contributed by atoms with van der Waals surface area (Å²) in [5.41, 5.74) is 0.233. The van der Waals surface area contributed by atoms with Gasteiger partial charge in [-0.2, -0.15) is 17.6 Å². The Kier molecular flexibility index (Phi) is 5.45. The highest BCUT2D eigenvalue weighted by Gasteiger charge is 2.53. The molecule has 0 bridgehead atoms. The molecule has 1 spiro atoms. The van der Waals surface area contributed by atoms with Gasteiger partial charge in [0.1, 0.15) is 0 Å². The Bertz CT molecular complexity index is 386. The van der Waals surface area contributed by atoms with Crippen molar-refractivity contribution in [3.05, 3.63) is 0 Å². The summed E-state index contributed by atoms with van der Waals surface area (Å²) in [5, 5.41) is 3.19. The fourth-order valence-electron chi connectivity index (χ4n) is 4.50. The molecule has 1 atom stereocenters. The van der Waals surface area contributed by atoms with Crippen molar-refractivity contribution in [1.29, 1.82) is 0 Å². The van der Waals surface area contributed by atoms with Gasteiger partial charge in [0.05, 0.1) is 12.7 Å². The van der Waals surface area contributed by atoms with Crippen LogP contribution in [0, 0.1) is 11.3 Å². The molecule has 1 saturated heterocycles. The van der Waals surface area contributed by atoms with Crippen LogP contribution in [0.15, 0.2) is 0 Å². The molecule has 1 aliphatic heterocycles. The van der Waals surface area contributed by atoms with Crippen molar-refractivity contribution >= 4 is 0 Å². The van der Waals surface area contributed by atoms with Gasteiger partial charge in [0.25, 0.3) is 0 Å². The molecular weight excluding hydrogens is 316 g/mol. The van der Waals surface area contributed by atoms with E-state index in [-0.39, 0.29) is 24.2 Å². The zero-order valence-electron chi connectivity index (χ0n) is 13.0. The van der Waals surface area contributed by atoms with Crippen molar-refractivity contribution in [2.24, 2.45) is 11.3 Å². The van der Waals surface area contributed by atoms with Crippen LogP contribution in [0.4, 0.5) is 17.6 Å². The Balaban J connectivity index is 1.32. The Hall–Kier alpha value is -0.440. The number of hydrogen-bond acceptors (Lipinski definition) is 4. The van der Waals surface area contributed by atoms with Gasteiger partial charge in [-0.05, 0) is 37.0 Å². The van der Waals surface area contributed by atoms with Crippen molar-refractivity contribution in [1.82, 2.24) is 10.2 Å². The largest absolute Gasteiger partial charge is 0.345 e. The molecule has 4 nitrogen and oxygen atoms in total. The monoisotopic (exact) mass is 340 g/mol. The second-order valence-electron chi connectivity index (χ2n) is 7.21. The number of halogens is 4. The van der Waals surface area contributed by atoms with E-state index in [4.69, 9.17) is 0 Å². The topological polar surface area (TPSA) is 33.7 Å². The summed E-state index contributed by atoms with van der Waals surface area (Å²) in [6.07, 6.45) is 3.36. The van der Waals surface area contributed by atoms with Crippen LogP contribution in [0.25, 0.3) is 0 Å². The molecule has 1 heterocycles. The second kappa shape index (κ2) is 7.21. The third-order valence-corrected chi connectivity index (χ3v) is 5.34. The normalized spacial score (nSPS) is 38.1. The minimum Gasteiger partial charge on any atom is -0.321 e. The fourth-order valence-corrected chi connectivity index (χ4v) is 4.50. The zero-order chi connectivity index (χ0) is 16.4. The molecule has 2 aliphatic carbocycles. The first-order valence-corrected chi connectivity index (χ1v) is 8.23. The molecule has 1 N–H and O–H groups in total. The van der Waals surface area contributed by atoms with Crippen molar-refractivity contribution < 1.29 is 27.0 Å². The van der Waals surface area contributed by atoms with E-state index >= 15 is 0 Å². The maximum atomic E-state index is 12.1. The van der Waals surface area contributed by atoms with Gasteiger partial charge in [-0.1, -0.05) is 0 Å². The summed E-state index contributed by atoms with van der Waals surface area (Å²) >= 11 is 0. The summed E-state index contributed by atoms with van der Waals surface area (Å²) in [6, 6.07) is -0.0562. The molecule has 3 rings (SSSR count). The lowest BCUT2D eigenvalue weighted by molar-refractivity contribution is -0.227. The number of rotatable bonds is 7. The summed E-state index contributed by atoms with van der Waals surface area (Å²) in [7, 11) is 0. The summed E-state index contributed by atoms with van der Waals surface area (Å²) < 4.78 is 57.3. The van der Waals surface area contributed by atoms with E-state index in [2.05, 4.69) is 19.7 Å². The van der Waals surface area contributed by atoms with Crippen LogP contribution < -0.4 is 5.32 Å². The van der Waals surface area contributed by atoms with Crippen LogP contribution >= 0.6 is 0 Å². The Labute approximate surface area is 133 Å². The smallest absolute Gasteiger partial charge is 0.321 e. The van der Waals surface area contributed by atoms with Gasteiger partial charge in [-0.3, -0.25) is 0 Å². The Morgan fingerprint density at radius 2 is 1.83 bits per heavy atom. The molecule has 0 amide bonds. The third-order valence-electron chi connectivity index (χ3n) is 5.34. The minimum atomic E-state index is -2.72. The average Bonchev–Trinajstić information content (AvgIpc) is 2.40. The molecule has 0 aromatic carbocycles. The van der Waals surface area contributed by atoms with Gasteiger partial charge in [0, 0.05) is 32.2 Å². The summed E-state index contributed by atoms with van der Waals surface area (Å²) in [5.74, 6) is 0.581. The van der Waals surface area contributed by atoms with E-state index in [1.165, 1.54) is 0 Å². The van der Waals surface area contributed by atoms with E-state index in [1.807, 2.05) is 0 Å². The van der Waals surface area contributed by atoms with Crippen molar-refractivity contribution in [3.8, 4) is 0 Å². The lowest BCUT2D eigenvalue weighted by Crippen LogP contribution is -2.57. The molecule has 1 unspecified atom stereocenters. The molecule has 8 heteroatoms. The fraction of sp³-hybridized carbons (Fsp3) is 1.00. The lowest BCUT2D eigenvalue weighted by atomic mass is 9.50. The maximum Gasteiger partial charge on any atom is 0.345 e. The predicted molar refractivity (Wildman–Crippen MR) is 75.5 cm³/mol. The molecule has 0 radical (unpaired) electrons. The van der Waals surface area contributed by atoms with Gasteiger partial charge >= 0.3 is 13.2 Å². The van der Waals surface area contributed by atoms with Crippen molar-refractivity contribution in [2.45, 2.75) is 51.1 Å². The number of nitrogens with one attached hydrogen (secondary N) is 1. The van der Waals surface area contributed by atoms with Gasteiger partial charge < -0.3 is 19.7 Å².